The summed E-state index contributed by atoms with van der Waals surface area (Å²) in [6.45, 7) is 17.7. The number of hydrogen-bond acceptors (Lipinski definition) is 7. The summed E-state index contributed by atoms with van der Waals surface area (Å²) in [5.74, 6) is 3.27. The van der Waals surface area contributed by atoms with Gasteiger partial charge in [-0.1, -0.05) is 70.2 Å². The van der Waals surface area contributed by atoms with E-state index in [1.54, 1.807) is 0 Å². The van der Waals surface area contributed by atoms with E-state index in [9.17, 15) is 0 Å². The maximum atomic E-state index is 6.74. The van der Waals surface area contributed by atoms with E-state index in [0.29, 0.717) is 11.8 Å². The Hall–Kier alpha value is -5.77. The first-order valence-corrected chi connectivity index (χ1v) is 19.7. The fraction of sp³-hybridized carbons (Fsp3) is 0.311. The Morgan fingerprint density at radius 3 is 2.11 bits per heavy atom. The van der Waals surface area contributed by atoms with Gasteiger partial charge in [0.25, 0.3) is 0 Å². The molecule has 278 valence electrons. The van der Waals surface area contributed by atoms with E-state index in [1.165, 1.54) is 44.7 Å². The zero-order valence-corrected chi connectivity index (χ0v) is 33.2. The van der Waals surface area contributed by atoms with E-state index >= 15 is 0 Å². The number of ether oxygens (including phenoxy) is 1. The van der Waals surface area contributed by atoms with Crippen molar-refractivity contribution >= 4 is 41.0 Å². The second kappa shape index (κ2) is 13.5. The lowest BCUT2D eigenvalue weighted by atomic mass is 9.59. The molecule has 1 saturated heterocycles. The van der Waals surface area contributed by atoms with Gasteiger partial charge < -0.3 is 19.3 Å². The molecule has 1 atom stereocenters. The number of nitrogens with zero attached hydrogens (tertiary/aromatic N) is 8. The fourth-order valence-corrected chi connectivity index (χ4v) is 9.29. The van der Waals surface area contributed by atoms with Crippen LogP contribution in [-0.2, 0) is 0 Å². The highest BCUT2D eigenvalue weighted by Gasteiger charge is 2.46. The van der Waals surface area contributed by atoms with Crippen LogP contribution in [0.15, 0.2) is 104 Å². The molecule has 2 aromatic heterocycles. The monoisotopic (exact) mass is 729 g/mol. The van der Waals surface area contributed by atoms with Crippen molar-refractivity contribution in [1.82, 2.24) is 14.9 Å². The van der Waals surface area contributed by atoms with Crippen molar-refractivity contribution < 1.29 is 9.33 Å². The summed E-state index contributed by atoms with van der Waals surface area (Å²) in [5.41, 5.74) is 13.5. The smallest absolute Gasteiger partial charge is 0.457 e. The zero-order valence-electron chi connectivity index (χ0n) is 33.2. The maximum Gasteiger partial charge on any atom is 0.557 e. The lowest BCUT2D eigenvalue weighted by molar-refractivity contribution is -0.626. The number of rotatable bonds is 7. The molecule has 1 fully saturated rings. The minimum atomic E-state index is -0.0491. The normalized spacial score (nSPS) is 16.1. The molecule has 0 bridgehead atoms. The molecule has 10 heteroatoms. The predicted molar refractivity (Wildman–Crippen MR) is 224 cm³/mol. The Balaban J connectivity index is 1.08. The van der Waals surface area contributed by atoms with Gasteiger partial charge in [0.2, 0.25) is 6.20 Å². The van der Waals surface area contributed by atoms with E-state index < -0.39 is 0 Å². The highest BCUT2D eigenvalue weighted by atomic mass is 16.5. The van der Waals surface area contributed by atoms with Crippen LogP contribution in [0.5, 0.6) is 11.5 Å². The van der Waals surface area contributed by atoms with Crippen LogP contribution in [0.2, 0.25) is 0 Å². The van der Waals surface area contributed by atoms with Crippen molar-refractivity contribution in [2.24, 2.45) is 0 Å². The van der Waals surface area contributed by atoms with Gasteiger partial charge >= 0.3 is 6.98 Å². The van der Waals surface area contributed by atoms with Gasteiger partial charge in [-0.2, -0.15) is 4.59 Å². The molecule has 3 aliphatic rings. The summed E-state index contributed by atoms with van der Waals surface area (Å²) < 4.78 is 8.99. The molecule has 1 unspecified atom stereocenters. The molecule has 55 heavy (non-hydrogen) atoms. The minimum absolute atomic E-state index is 0.0441. The summed E-state index contributed by atoms with van der Waals surface area (Å²) in [6.07, 6.45) is 6.93. The van der Waals surface area contributed by atoms with Crippen molar-refractivity contribution in [2.75, 3.05) is 39.6 Å². The van der Waals surface area contributed by atoms with Crippen molar-refractivity contribution in [3.05, 3.63) is 131 Å². The van der Waals surface area contributed by atoms with Gasteiger partial charge in [0, 0.05) is 47.7 Å². The van der Waals surface area contributed by atoms with Crippen LogP contribution in [0.4, 0.5) is 28.6 Å². The van der Waals surface area contributed by atoms with Crippen molar-refractivity contribution in [3.8, 4) is 17.2 Å². The largest absolute Gasteiger partial charge is 0.557 e. The molecule has 0 radical (unpaired) electrons. The van der Waals surface area contributed by atoms with E-state index in [4.69, 9.17) is 14.8 Å². The van der Waals surface area contributed by atoms with Gasteiger partial charge in [-0.25, -0.2) is 4.98 Å². The van der Waals surface area contributed by atoms with Gasteiger partial charge in [0.15, 0.2) is 17.8 Å². The average molecular weight is 730 g/mol. The number of hydrogen-bond donors (Lipinski definition) is 0. The van der Waals surface area contributed by atoms with Gasteiger partial charge in [-0.3, -0.25) is 4.90 Å². The lowest BCUT2D eigenvalue weighted by Gasteiger charge is -2.46. The van der Waals surface area contributed by atoms with Gasteiger partial charge in [-0.15, -0.1) is 0 Å². The van der Waals surface area contributed by atoms with E-state index in [2.05, 4.69) is 165 Å². The zero-order chi connectivity index (χ0) is 38.1. The highest BCUT2D eigenvalue weighted by molar-refractivity contribution is 6.70. The number of anilines is 5. The van der Waals surface area contributed by atoms with Crippen molar-refractivity contribution in [3.63, 3.8) is 0 Å². The van der Waals surface area contributed by atoms with E-state index in [-0.39, 0.29) is 13.3 Å². The third-order valence-corrected chi connectivity index (χ3v) is 11.7. The highest BCUT2D eigenvalue weighted by Crippen LogP contribution is 2.49. The van der Waals surface area contributed by atoms with E-state index in [0.717, 1.165) is 53.9 Å². The molecule has 4 aromatic carbocycles. The van der Waals surface area contributed by atoms with Gasteiger partial charge in [-0.05, 0) is 109 Å². The molecule has 5 heterocycles. The SMILES string of the molecule is Cc1cccc(C)c1N1CCCN2c3c(C)ccnc3N(c3cccc(Oc4ccc5c(c4)-n4ncc[n+]4B(c4c(C(C)C)cccc4C(C)C)N5C)c3)C12. The number of benzene rings is 4. The molecule has 9 nitrogen and oxygen atoms in total. The quantitative estimate of drug-likeness (QED) is 0.153. The first-order chi connectivity index (χ1) is 26.6. The molecule has 0 spiro atoms. The van der Waals surface area contributed by atoms with Crippen LogP contribution < -0.4 is 34.3 Å². The number of pyridine rings is 1. The number of aromatic nitrogens is 4. The van der Waals surface area contributed by atoms with Crippen LogP contribution in [0.3, 0.4) is 0 Å². The lowest BCUT2D eigenvalue weighted by Crippen LogP contribution is -2.74. The summed E-state index contributed by atoms with van der Waals surface area (Å²) in [4.78, 5) is 16.9. The summed E-state index contributed by atoms with van der Waals surface area (Å²) in [7, 11) is 2.19. The first-order valence-electron chi connectivity index (χ1n) is 19.7. The van der Waals surface area contributed by atoms with Crippen molar-refractivity contribution in [2.45, 2.75) is 73.0 Å². The summed E-state index contributed by atoms with van der Waals surface area (Å²) >= 11 is 0. The Labute approximate surface area is 325 Å². The van der Waals surface area contributed by atoms with Crippen LogP contribution in [-0.4, -0.2) is 48.3 Å². The molecule has 9 rings (SSSR count). The summed E-state index contributed by atoms with van der Waals surface area (Å²) in [6, 6.07) is 30.3. The second-order valence-electron chi connectivity index (χ2n) is 16.0. The Kier molecular flexibility index (Phi) is 8.59. The first kappa shape index (κ1) is 35.0. The van der Waals surface area contributed by atoms with Gasteiger partial charge in [0.05, 0.1) is 17.1 Å². The molecule has 0 aliphatic carbocycles. The molecule has 6 aromatic rings. The minimum Gasteiger partial charge on any atom is -0.457 e. The molecule has 3 aliphatic heterocycles. The third kappa shape index (κ3) is 5.64. The number of para-hydroxylation sites is 1. The van der Waals surface area contributed by atoms with Gasteiger partial charge in [0.1, 0.15) is 17.7 Å². The van der Waals surface area contributed by atoms with Crippen LogP contribution in [0.1, 0.15) is 73.8 Å². The fourth-order valence-electron chi connectivity index (χ4n) is 9.29. The summed E-state index contributed by atoms with van der Waals surface area (Å²) in [5, 5.41) is 4.86. The Morgan fingerprint density at radius 1 is 0.727 bits per heavy atom. The standard InChI is InChI=1S/C45H50BN8O/c1-29(2)37-17-11-18-38(30(3)4)41(37)46-49(8)39-20-19-36(28-40(39)54-48-23-26-52(46)54)55-35-16-10-15-34(27-35)53-44-43(33(7)21-22-47-44)51-25-12-24-50(45(51)53)42-31(5)13-9-14-32(42)6/h9-11,13-23,26-30,45H,12,24-25H2,1-8H3/q+1. The second-order valence-corrected chi connectivity index (χ2v) is 16.0. The molecule has 0 amide bonds. The van der Waals surface area contributed by atoms with E-state index in [1.807, 2.05) is 23.3 Å². The van der Waals surface area contributed by atoms with Crippen LogP contribution >= 0.6 is 0 Å². The molecular weight excluding hydrogens is 679 g/mol. The average Bonchev–Trinajstić information content (AvgIpc) is 3.79. The Morgan fingerprint density at radius 2 is 1.38 bits per heavy atom. The molecule has 0 saturated carbocycles. The molecule has 0 N–H and O–H groups in total. The van der Waals surface area contributed by atoms with Crippen LogP contribution in [0, 0.1) is 20.8 Å². The van der Waals surface area contributed by atoms with Crippen molar-refractivity contribution in [1.29, 1.82) is 0 Å². The topological polar surface area (TPSA) is 56.8 Å². The van der Waals surface area contributed by atoms with Crippen LogP contribution in [0.25, 0.3) is 5.69 Å². The third-order valence-electron chi connectivity index (χ3n) is 11.7. The number of fused-ring (bicyclic) bond motifs is 6. The molecular formula is C45H50BN8O+. The Bertz CT molecular complexity index is 2380. The maximum absolute atomic E-state index is 6.74. The predicted octanol–water partition coefficient (Wildman–Crippen LogP) is 8.36. The number of aryl methyl sites for hydroxylation is 3.